The number of carboxylic acids is 1. The van der Waals surface area contributed by atoms with Crippen molar-refractivity contribution >= 4 is 22.6 Å². The fraction of sp³-hybridized carbons (Fsp3) is 0.545. The van der Waals surface area contributed by atoms with Gasteiger partial charge >= 0.3 is 5.97 Å². The quantitative estimate of drug-likeness (QED) is 0.770. The number of halogens is 2. The SMILES string of the molecule is COc1c(N2CC3(CC3)[C@](C)(N)C2)c(F)cc2c(=O)c(C(=O)O)cn([C@@H]3C[C@]3(C)F)c12. The fourth-order valence-electron chi connectivity index (χ4n) is 5.24. The van der Waals surface area contributed by atoms with Gasteiger partial charge in [0.25, 0.3) is 0 Å². The molecule has 0 radical (unpaired) electrons. The summed E-state index contributed by atoms with van der Waals surface area (Å²) >= 11 is 0. The number of anilines is 1. The molecule has 1 aromatic carbocycles. The number of nitrogens with zero attached hydrogens (tertiary/aromatic N) is 2. The Morgan fingerprint density at radius 2 is 1.97 bits per heavy atom. The number of carbonyl (C=O) groups is 1. The molecule has 1 aliphatic heterocycles. The van der Waals surface area contributed by atoms with E-state index < -0.39 is 40.0 Å². The summed E-state index contributed by atoms with van der Waals surface area (Å²) in [5, 5.41) is 9.33. The molecule has 0 amide bonds. The average Bonchev–Trinajstić information content (AvgIpc) is 3.55. The molecule has 31 heavy (non-hydrogen) atoms. The van der Waals surface area contributed by atoms with Crippen LogP contribution in [0.3, 0.4) is 0 Å². The van der Waals surface area contributed by atoms with Crippen LogP contribution in [0.2, 0.25) is 0 Å². The molecule has 0 bridgehead atoms. The molecule has 7 nitrogen and oxygen atoms in total. The summed E-state index contributed by atoms with van der Waals surface area (Å²) in [5.41, 5.74) is 3.41. The number of benzene rings is 1. The van der Waals surface area contributed by atoms with Crippen LogP contribution in [0.5, 0.6) is 5.75 Å². The van der Waals surface area contributed by atoms with Crippen molar-refractivity contribution in [2.75, 3.05) is 25.1 Å². The minimum Gasteiger partial charge on any atom is -0.492 e. The molecule has 2 aliphatic carbocycles. The number of ether oxygens (including phenoxy) is 1. The Morgan fingerprint density at radius 1 is 1.32 bits per heavy atom. The van der Waals surface area contributed by atoms with Crippen molar-refractivity contribution in [2.45, 2.75) is 50.4 Å². The summed E-state index contributed by atoms with van der Waals surface area (Å²) in [4.78, 5) is 26.3. The predicted octanol–water partition coefficient (Wildman–Crippen LogP) is 2.84. The normalized spacial score (nSPS) is 30.8. The van der Waals surface area contributed by atoms with Crippen LogP contribution in [0, 0.1) is 11.2 Å². The molecule has 2 aromatic rings. The second kappa shape index (κ2) is 5.97. The number of aromatic carboxylic acids is 1. The highest BCUT2D eigenvalue weighted by atomic mass is 19.1. The van der Waals surface area contributed by atoms with Crippen molar-refractivity contribution in [3.63, 3.8) is 0 Å². The highest BCUT2D eigenvalue weighted by Gasteiger charge is 2.61. The van der Waals surface area contributed by atoms with Gasteiger partial charge in [0.2, 0.25) is 5.43 Å². The Bertz CT molecular complexity index is 1190. The van der Waals surface area contributed by atoms with Crippen molar-refractivity contribution in [1.82, 2.24) is 4.57 Å². The number of hydrogen-bond donors (Lipinski definition) is 2. The van der Waals surface area contributed by atoms with Gasteiger partial charge in [0.05, 0.1) is 24.1 Å². The lowest BCUT2D eigenvalue weighted by molar-refractivity contribution is 0.0694. The second-order valence-electron chi connectivity index (χ2n) is 9.77. The van der Waals surface area contributed by atoms with Gasteiger partial charge in [0.1, 0.15) is 16.9 Å². The number of aromatic nitrogens is 1. The fourth-order valence-corrected chi connectivity index (χ4v) is 5.24. The van der Waals surface area contributed by atoms with Gasteiger partial charge in [-0.05, 0) is 32.8 Å². The van der Waals surface area contributed by atoms with Crippen molar-refractivity contribution in [2.24, 2.45) is 11.1 Å². The highest BCUT2D eigenvalue weighted by molar-refractivity contribution is 5.97. The monoisotopic (exact) mass is 433 g/mol. The van der Waals surface area contributed by atoms with Gasteiger partial charge in [0, 0.05) is 36.7 Å². The van der Waals surface area contributed by atoms with E-state index in [1.54, 1.807) is 0 Å². The van der Waals surface area contributed by atoms with Gasteiger partial charge in [-0.3, -0.25) is 4.79 Å². The van der Waals surface area contributed by atoms with Crippen LogP contribution in [0.15, 0.2) is 17.1 Å². The van der Waals surface area contributed by atoms with E-state index in [4.69, 9.17) is 10.5 Å². The first kappa shape index (κ1) is 20.2. The molecule has 1 spiro atoms. The molecular formula is C22H25F2N3O4. The number of carboxylic acid groups (broad SMARTS) is 1. The van der Waals surface area contributed by atoms with Crippen molar-refractivity contribution in [3.8, 4) is 5.75 Å². The van der Waals surface area contributed by atoms with Crippen molar-refractivity contribution in [3.05, 3.63) is 33.9 Å². The molecule has 0 unspecified atom stereocenters. The summed E-state index contributed by atoms with van der Waals surface area (Å²) in [5.74, 6) is -2.04. The van der Waals surface area contributed by atoms with Crippen LogP contribution in [0.4, 0.5) is 14.5 Å². The maximum absolute atomic E-state index is 15.4. The van der Waals surface area contributed by atoms with Crippen LogP contribution < -0.4 is 20.8 Å². The van der Waals surface area contributed by atoms with Crippen molar-refractivity contribution in [1.29, 1.82) is 0 Å². The minimum absolute atomic E-state index is 0.0831. The zero-order valence-electron chi connectivity index (χ0n) is 17.7. The predicted molar refractivity (Wildman–Crippen MR) is 111 cm³/mol. The molecular weight excluding hydrogens is 408 g/mol. The standard InChI is InChI=1S/C22H25F2N3O4/c1-20(24)7-14(20)27-8-12(19(29)30)17(28)11-6-13(23)16(18(31-3)15(11)27)26-9-21(2,25)22(10-26)4-5-22/h6,8,14H,4-5,7,9-10,25H2,1-3H3,(H,29,30)/t14-,20+,21-/m1/s1. The Labute approximate surface area is 177 Å². The van der Waals surface area contributed by atoms with Crippen LogP contribution >= 0.6 is 0 Å². The van der Waals surface area contributed by atoms with Crippen LogP contribution in [0.25, 0.3) is 10.9 Å². The lowest BCUT2D eigenvalue weighted by Gasteiger charge is -2.26. The van der Waals surface area contributed by atoms with Gasteiger partial charge in [0.15, 0.2) is 11.6 Å². The number of methoxy groups -OCH3 is 1. The molecule has 3 fully saturated rings. The number of alkyl halides is 1. The summed E-state index contributed by atoms with van der Waals surface area (Å²) in [6, 6.07) is 0.372. The third kappa shape index (κ3) is 2.71. The summed E-state index contributed by atoms with van der Waals surface area (Å²) in [6.07, 6.45) is 3.23. The summed E-state index contributed by atoms with van der Waals surface area (Å²) < 4.78 is 37.1. The van der Waals surface area contributed by atoms with Crippen molar-refractivity contribution < 1.29 is 23.4 Å². The topological polar surface area (TPSA) is 97.8 Å². The molecule has 2 saturated carbocycles. The van der Waals surface area contributed by atoms with Crippen LogP contribution in [-0.4, -0.2) is 47.0 Å². The second-order valence-corrected chi connectivity index (χ2v) is 9.77. The summed E-state index contributed by atoms with van der Waals surface area (Å²) in [7, 11) is 1.36. The van der Waals surface area contributed by atoms with E-state index in [9.17, 15) is 19.1 Å². The molecule has 5 rings (SSSR count). The Balaban J connectivity index is 1.79. The first-order valence-corrected chi connectivity index (χ1v) is 10.3. The molecule has 166 valence electrons. The maximum atomic E-state index is 15.4. The zero-order valence-corrected chi connectivity index (χ0v) is 17.7. The van der Waals surface area contributed by atoms with E-state index in [2.05, 4.69) is 0 Å². The first-order valence-electron chi connectivity index (χ1n) is 10.3. The number of nitrogens with two attached hydrogens (primary N) is 1. The number of fused-ring (bicyclic) bond motifs is 1. The third-order valence-corrected chi connectivity index (χ3v) is 7.49. The van der Waals surface area contributed by atoms with Crippen LogP contribution in [-0.2, 0) is 0 Å². The largest absolute Gasteiger partial charge is 0.492 e. The van der Waals surface area contributed by atoms with Gasteiger partial charge in [-0.1, -0.05) is 0 Å². The van der Waals surface area contributed by atoms with Crippen LogP contribution in [0.1, 0.15) is 49.5 Å². The summed E-state index contributed by atoms with van der Waals surface area (Å²) in [6.45, 7) is 4.34. The average molecular weight is 433 g/mol. The van der Waals surface area contributed by atoms with E-state index in [-0.39, 0.29) is 34.2 Å². The number of rotatable bonds is 4. The molecule has 1 saturated heterocycles. The van der Waals surface area contributed by atoms with Gasteiger partial charge in [-0.2, -0.15) is 0 Å². The zero-order chi connectivity index (χ0) is 22.5. The van der Waals surface area contributed by atoms with E-state index in [1.807, 2.05) is 11.8 Å². The lowest BCUT2D eigenvalue weighted by Crippen LogP contribution is -2.45. The first-order chi connectivity index (χ1) is 14.4. The van der Waals surface area contributed by atoms with E-state index in [1.165, 1.54) is 18.6 Å². The highest BCUT2D eigenvalue weighted by Crippen LogP contribution is 2.59. The Morgan fingerprint density at radius 3 is 2.45 bits per heavy atom. The molecule has 3 aliphatic rings. The Kier molecular flexibility index (Phi) is 3.89. The van der Waals surface area contributed by atoms with E-state index >= 15 is 4.39 Å². The number of pyridine rings is 1. The molecule has 9 heteroatoms. The Hall–Kier alpha value is -2.68. The molecule has 1 aromatic heterocycles. The minimum atomic E-state index is -1.56. The lowest BCUT2D eigenvalue weighted by atomic mass is 9.87. The smallest absolute Gasteiger partial charge is 0.341 e. The van der Waals surface area contributed by atoms with Gasteiger partial charge in [-0.25, -0.2) is 13.6 Å². The van der Waals surface area contributed by atoms with E-state index in [0.717, 1.165) is 25.1 Å². The van der Waals surface area contributed by atoms with Gasteiger partial charge < -0.3 is 25.0 Å². The molecule has 3 atom stereocenters. The number of hydrogen-bond acceptors (Lipinski definition) is 5. The van der Waals surface area contributed by atoms with Gasteiger partial charge in [-0.15, -0.1) is 0 Å². The molecule has 3 N–H and O–H groups in total. The third-order valence-electron chi connectivity index (χ3n) is 7.49. The maximum Gasteiger partial charge on any atom is 0.341 e. The molecule has 2 heterocycles. The van der Waals surface area contributed by atoms with E-state index in [0.29, 0.717) is 13.1 Å².